The summed E-state index contributed by atoms with van der Waals surface area (Å²) in [5, 5.41) is 3.29. The first-order valence-electron chi connectivity index (χ1n) is 8.70. The zero-order valence-electron chi connectivity index (χ0n) is 13.0. The Labute approximate surface area is 123 Å². The Morgan fingerprint density at radius 2 is 1.75 bits per heavy atom. The lowest BCUT2D eigenvalue weighted by Crippen LogP contribution is -2.53. The van der Waals surface area contributed by atoms with Gasteiger partial charge in [0, 0.05) is 19.0 Å². The summed E-state index contributed by atoms with van der Waals surface area (Å²) in [5.41, 5.74) is 0.474. The van der Waals surface area contributed by atoms with Crippen molar-refractivity contribution >= 4 is 5.91 Å². The Bertz CT molecular complexity index is 343. The molecular formula is C17H30N2O. The Balaban J connectivity index is 1.63. The fourth-order valence-electron chi connectivity index (χ4n) is 4.44. The number of nitrogens with one attached hydrogen (secondary N) is 1. The average molecular weight is 278 g/mol. The summed E-state index contributed by atoms with van der Waals surface area (Å²) in [7, 11) is 0. The van der Waals surface area contributed by atoms with Crippen molar-refractivity contribution in [2.75, 3.05) is 26.2 Å². The molecule has 2 heterocycles. The standard InChI is InChI=1S/C17H30N2O/c1-14(15-11-18-12-15)16(20)19-10-6-9-17(13-19)7-4-2-3-5-8-17/h14-15,18H,2-13H2,1H3. The number of hydrogen-bond acceptors (Lipinski definition) is 2. The van der Waals surface area contributed by atoms with Crippen LogP contribution in [0.3, 0.4) is 0 Å². The van der Waals surface area contributed by atoms with Crippen LogP contribution in [0.1, 0.15) is 58.3 Å². The van der Waals surface area contributed by atoms with Crippen molar-refractivity contribution in [3.8, 4) is 0 Å². The summed E-state index contributed by atoms with van der Waals surface area (Å²) < 4.78 is 0. The quantitative estimate of drug-likeness (QED) is 0.842. The van der Waals surface area contributed by atoms with E-state index in [0.29, 0.717) is 17.2 Å². The van der Waals surface area contributed by atoms with Gasteiger partial charge in [0.2, 0.25) is 5.91 Å². The number of likely N-dealkylation sites (tertiary alicyclic amines) is 1. The molecule has 1 atom stereocenters. The number of carbonyl (C=O) groups is 1. The highest BCUT2D eigenvalue weighted by Crippen LogP contribution is 2.42. The summed E-state index contributed by atoms with van der Waals surface area (Å²) in [4.78, 5) is 15.0. The topological polar surface area (TPSA) is 32.3 Å². The van der Waals surface area contributed by atoms with E-state index < -0.39 is 0 Å². The van der Waals surface area contributed by atoms with E-state index in [-0.39, 0.29) is 5.92 Å². The molecule has 0 aromatic rings. The summed E-state index contributed by atoms with van der Waals surface area (Å²) in [6.45, 7) is 6.27. The van der Waals surface area contributed by atoms with Gasteiger partial charge in [-0.2, -0.15) is 0 Å². The number of amides is 1. The van der Waals surface area contributed by atoms with Crippen LogP contribution in [0.15, 0.2) is 0 Å². The van der Waals surface area contributed by atoms with E-state index in [9.17, 15) is 4.79 Å². The molecule has 1 amide bonds. The summed E-state index contributed by atoms with van der Waals surface area (Å²) in [6, 6.07) is 0. The van der Waals surface area contributed by atoms with Gasteiger partial charge >= 0.3 is 0 Å². The fraction of sp³-hybridized carbons (Fsp3) is 0.941. The summed E-state index contributed by atoms with van der Waals surface area (Å²) in [5.74, 6) is 1.23. The van der Waals surface area contributed by atoms with Gasteiger partial charge in [0.05, 0.1) is 0 Å². The monoisotopic (exact) mass is 278 g/mol. The lowest BCUT2D eigenvalue weighted by atomic mass is 9.73. The van der Waals surface area contributed by atoms with Gasteiger partial charge in [-0.15, -0.1) is 0 Å². The second kappa shape index (κ2) is 6.05. The number of rotatable bonds is 2. The molecule has 3 fully saturated rings. The molecule has 3 heteroatoms. The normalized spacial score (nSPS) is 28.8. The van der Waals surface area contributed by atoms with E-state index in [2.05, 4.69) is 17.1 Å². The summed E-state index contributed by atoms with van der Waals surface area (Å²) in [6.07, 6.45) is 10.9. The molecule has 20 heavy (non-hydrogen) atoms. The number of hydrogen-bond donors (Lipinski definition) is 1. The Hall–Kier alpha value is -0.570. The average Bonchev–Trinajstić information content (AvgIpc) is 2.61. The number of piperidine rings is 1. The molecule has 1 unspecified atom stereocenters. The molecule has 3 rings (SSSR count). The van der Waals surface area contributed by atoms with E-state index in [1.807, 2.05) is 0 Å². The maximum Gasteiger partial charge on any atom is 0.225 e. The van der Waals surface area contributed by atoms with E-state index >= 15 is 0 Å². The van der Waals surface area contributed by atoms with Gasteiger partial charge in [-0.3, -0.25) is 4.79 Å². The van der Waals surface area contributed by atoms with Crippen LogP contribution in [0.25, 0.3) is 0 Å². The Kier molecular flexibility index (Phi) is 4.34. The van der Waals surface area contributed by atoms with Crippen molar-refractivity contribution < 1.29 is 4.79 Å². The van der Waals surface area contributed by atoms with Gasteiger partial charge in [-0.1, -0.05) is 32.6 Å². The Morgan fingerprint density at radius 1 is 1.10 bits per heavy atom. The molecule has 1 N–H and O–H groups in total. The van der Waals surface area contributed by atoms with Crippen molar-refractivity contribution in [1.29, 1.82) is 0 Å². The van der Waals surface area contributed by atoms with Crippen molar-refractivity contribution in [3.05, 3.63) is 0 Å². The molecule has 3 nitrogen and oxygen atoms in total. The molecule has 0 bridgehead atoms. The van der Waals surface area contributed by atoms with Crippen molar-refractivity contribution in [2.45, 2.75) is 58.3 Å². The molecule has 114 valence electrons. The summed E-state index contributed by atoms with van der Waals surface area (Å²) >= 11 is 0. The van der Waals surface area contributed by atoms with Crippen LogP contribution < -0.4 is 5.32 Å². The molecule has 2 aliphatic heterocycles. The second-order valence-corrected chi connectivity index (χ2v) is 7.48. The first-order chi connectivity index (χ1) is 9.70. The Morgan fingerprint density at radius 3 is 2.35 bits per heavy atom. The van der Waals surface area contributed by atoms with Crippen LogP contribution >= 0.6 is 0 Å². The van der Waals surface area contributed by atoms with Crippen LogP contribution in [-0.4, -0.2) is 37.0 Å². The van der Waals surface area contributed by atoms with Crippen LogP contribution in [0, 0.1) is 17.3 Å². The van der Waals surface area contributed by atoms with Gasteiger partial charge in [-0.25, -0.2) is 0 Å². The molecule has 0 aromatic carbocycles. The zero-order chi connectivity index (χ0) is 14.0. The molecule has 3 aliphatic rings. The minimum atomic E-state index is 0.220. The molecule has 0 radical (unpaired) electrons. The SMILES string of the molecule is CC(C(=O)N1CCCC2(CCCCCC2)C1)C1CNC1. The minimum absolute atomic E-state index is 0.220. The van der Waals surface area contributed by atoms with Gasteiger partial charge in [0.1, 0.15) is 0 Å². The fourth-order valence-corrected chi connectivity index (χ4v) is 4.44. The second-order valence-electron chi connectivity index (χ2n) is 7.48. The van der Waals surface area contributed by atoms with E-state index in [4.69, 9.17) is 0 Å². The molecule has 2 saturated heterocycles. The number of nitrogens with zero attached hydrogens (tertiary/aromatic N) is 1. The zero-order valence-corrected chi connectivity index (χ0v) is 13.0. The van der Waals surface area contributed by atoms with Crippen molar-refractivity contribution in [1.82, 2.24) is 10.2 Å². The van der Waals surface area contributed by atoms with Gasteiger partial charge in [0.25, 0.3) is 0 Å². The lowest BCUT2D eigenvalue weighted by Gasteiger charge is -2.44. The van der Waals surface area contributed by atoms with Gasteiger partial charge < -0.3 is 10.2 Å². The van der Waals surface area contributed by atoms with Crippen LogP contribution in [0.4, 0.5) is 0 Å². The van der Waals surface area contributed by atoms with E-state index in [0.717, 1.165) is 26.2 Å². The molecule has 1 saturated carbocycles. The largest absolute Gasteiger partial charge is 0.342 e. The molecule has 0 aromatic heterocycles. The molecular weight excluding hydrogens is 248 g/mol. The number of carbonyl (C=O) groups excluding carboxylic acids is 1. The highest BCUT2D eigenvalue weighted by Gasteiger charge is 2.39. The molecule has 1 spiro atoms. The van der Waals surface area contributed by atoms with Gasteiger partial charge in [-0.05, 0) is 50.1 Å². The van der Waals surface area contributed by atoms with Crippen LogP contribution in [0.5, 0.6) is 0 Å². The van der Waals surface area contributed by atoms with Crippen LogP contribution in [0.2, 0.25) is 0 Å². The van der Waals surface area contributed by atoms with Crippen molar-refractivity contribution in [2.24, 2.45) is 17.3 Å². The van der Waals surface area contributed by atoms with E-state index in [1.54, 1.807) is 0 Å². The predicted octanol–water partition coefficient (Wildman–Crippen LogP) is 2.80. The lowest BCUT2D eigenvalue weighted by molar-refractivity contribution is -0.141. The third-order valence-electron chi connectivity index (χ3n) is 6.05. The molecule has 1 aliphatic carbocycles. The van der Waals surface area contributed by atoms with Crippen LogP contribution in [-0.2, 0) is 4.79 Å². The van der Waals surface area contributed by atoms with E-state index in [1.165, 1.54) is 51.4 Å². The third kappa shape index (κ3) is 2.88. The maximum atomic E-state index is 12.7. The maximum absolute atomic E-state index is 12.7. The minimum Gasteiger partial charge on any atom is -0.342 e. The predicted molar refractivity (Wildman–Crippen MR) is 81.5 cm³/mol. The smallest absolute Gasteiger partial charge is 0.225 e. The first-order valence-corrected chi connectivity index (χ1v) is 8.70. The van der Waals surface area contributed by atoms with Gasteiger partial charge in [0.15, 0.2) is 0 Å². The third-order valence-corrected chi connectivity index (χ3v) is 6.05. The first kappa shape index (κ1) is 14.4. The van der Waals surface area contributed by atoms with Crippen molar-refractivity contribution in [3.63, 3.8) is 0 Å². The highest BCUT2D eigenvalue weighted by atomic mass is 16.2. The highest BCUT2D eigenvalue weighted by molar-refractivity contribution is 5.79.